The van der Waals surface area contributed by atoms with Gasteiger partial charge in [-0.3, -0.25) is 4.79 Å². The van der Waals surface area contributed by atoms with Crippen LogP contribution in [-0.4, -0.2) is 5.78 Å². The summed E-state index contributed by atoms with van der Waals surface area (Å²) in [5, 5.41) is 0. The molecule has 0 heterocycles. The van der Waals surface area contributed by atoms with Gasteiger partial charge >= 0.3 is 0 Å². The highest BCUT2D eigenvalue weighted by Gasteiger charge is 2.49. The molecular formula is C15H18O. The number of ketones is 1. The normalized spacial score (nSPS) is 36.6. The number of hydrogen-bond acceptors (Lipinski definition) is 1. The van der Waals surface area contributed by atoms with Crippen molar-refractivity contribution in [1.29, 1.82) is 0 Å². The second-order valence-corrected chi connectivity index (χ2v) is 5.41. The first kappa shape index (κ1) is 10.1. The van der Waals surface area contributed by atoms with E-state index in [-0.39, 0.29) is 0 Å². The maximum atomic E-state index is 11.8. The number of carbonyl (C=O) groups excluding carboxylic acids is 1. The third-order valence-electron chi connectivity index (χ3n) is 4.57. The van der Waals surface area contributed by atoms with Gasteiger partial charge in [-0.2, -0.15) is 0 Å². The first-order valence-corrected chi connectivity index (χ1v) is 6.33. The number of rotatable bonds is 2. The van der Waals surface area contributed by atoms with Gasteiger partial charge in [0.05, 0.1) is 0 Å². The largest absolute Gasteiger partial charge is 0.300 e. The average molecular weight is 214 g/mol. The fourth-order valence-electron chi connectivity index (χ4n) is 4.03. The van der Waals surface area contributed by atoms with E-state index in [1.165, 1.54) is 24.8 Å². The van der Waals surface area contributed by atoms with Crippen LogP contribution in [-0.2, 0) is 4.79 Å². The summed E-state index contributed by atoms with van der Waals surface area (Å²) in [7, 11) is 0. The van der Waals surface area contributed by atoms with Crippen molar-refractivity contribution >= 4 is 5.78 Å². The van der Waals surface area contributed by atoms with E-state index >= 15 is 0 Å². The van der Waals surface area contributed by atoms with Gasteiger partial charge in [-0.15, -0.1) is 0 Å². The lowest BCUT2D eigenvalue weighted by molar-refractivity contribution is -0.122. The lowest BCUT2D eigenvalue weighted by Crippen LogP contribution is -2.26. The van der Waals surface area contributed by atoms with Crippen molar-refractivity contribution in [3.63, 3.8) is 0 Å². The standard InChI is InChI=1S/C15H18O/c1-10(16)14-12-7-8-13(9-12)15(14)11-5-3-2-4-6-11/h2-6,12-15H,7-9H2,1H3/t12-,13+,14+,15-/m0/s1. The molecule has 2 aliphatic carbocycles. The van der Waals surface area contributed by atoms with Crippen molar-refractivity contribution < 1.29 is 4.79 Å². The van der Waals surface area contributed by atoms with E-state index in [1.807, 2.05) is 0 Å². The molecule has 84 valence electrons. The highest BCUT2D eigenvalue weighted by atomic mass is 16.1. The summed E-state index contributed by atoms with van der Waals surface area (Å²) >= 11 is 0. The molecule has 2 saturated carbocycles. The zero-order valence-corrected chi connectivity index (χ0v) is 9.73. The summed E-state index contributed by atoms with van der Waals surface area (Å²) < 4.78 is 0. The van der Waals surface area contributed by atoms with Gasteiger partial charge in [0.1, 0.15) is 5.78 Å². The molecule has 0 aromatic heterocycles. The van der Waals surface area contributed by atoms with Crippen LogP contribution in [0.3, 0.4) is 0 Å². The van der Waals surface area contributed by atoms with Crippen LogP contribution in [0.2, 0.25) is 0 Å². The lowest BCUT2D eigenvalue weighted by Gasteiger charge is -2.29. The monoisotopic (exact) mass is 214 g/mol. The number of hydrogen-bond donors (Lipinski definition) is 0. The van der Waals surface area contributed by atoms with E-state index in [9.17, 15) is 4.79 Å². The summed E-state index contributed by atoms with van der Waals surface area (Å²) in [5.41, 5.74) is 1.38. The Bertz CT molecular complexity index is 395. The minimum atomic E-state index is 0.307. The molecule has 2 aliphatic rings. The predicted octanol–water partition coefficient (Wildman–Crippen LogP) is 3.41. The molecule has 1 heteroatoms. The van der Waals surface area contributed by atoms with E-state index < -0.39 is 0 Å². The van der Waals surface area contributed by atoms with Crippen LogP contribution in [0.15, 0.2) is 30.3 Å². The molecule has 0 unspecified atom stereocenters. The van der Waals surface area contributed by atoms with Gasteiger partial charge in [-0.25, -0.2) is 0 Å². The molecule has 1 aromatic rings. The average Bonchev–Trinajstić information content (AvgIpc) is 2.89. The molecule has 0 amide bonds. The number of fused-ring (bicyclic) bond motifs is 2. The van der Waals surface area contributed by atoms with Gasteiger partial charge in [0.25, 0.3) is 0 Å². The van der Waals surface area contributed by atoms with Gasteiger partial charge < -0.3 is 0 Å². The van der Waals surface area contributed by atoms with Crippen molar-refractivity contribution in [2.45, 2.75) is 32.1 Å². The molecule has 0 aliphatic heterocycles. The number of Topliss-reactive ketones (excluding diaryl/α,β-unsaturated/α-hetero) is 1. The molecule has 2 fully saturated rings. The molecule has 4 atom stereocenters. The molecule has 1 nitrogen and oxygen atoms in total. The van der Waals surface area contributed by atoms with Crippen molar-refractivity contribution in [1.82, 2.24) is 0 Å². The minimum Gasteiger partial charge on any atom is -0.300 e. The Balaban J connectivity index is 1.97. The fraction of sp³-hybridized carbons (Fsp3) is 0.533. The molecular weight excluding hydrogens is 196 g/mol. The van der Waals surface area contributed by atoms with Crippen LogP contribution >= 0.6 is 0 Å². The van der Waals surface area contributed by atoms with E-state index in [2.05, 4.69) is 30.3 Å². The van der Waals surface area contributed by atoms with Crippen molar-refractivity contribution in [2.75, 3.05) is 0 Å². The topological polar surface area (TPSA) is 17.1 Å². The third kappa shape index (κ3) is 1.41. The van der Waals surface area contributed by atoms with Crippen molar-refractivity contribution in [3.05, 3.63) is 35.9 Å². The maximum absolute atomic E-state index is 11.8. The molecule has 0 spiro atoms. The van der Waals surface area contributed by atoms with Crippen molar-refractivity contribution in [2.24, 2.45) is 17.8 Å². The SMILES string of the molecule is CC(=O)[C@@H]1[C@H]2CC[C@H](C2)[C@@H]1c1ccccc1. The number of benzene rings is 1. The van der Waals surface area contributed by atoms with Crippen LogP contribution in [0, 0.1) is 17.8 Å². The van der Waals surface area contributed by atoms with Crippen LogP contribution < -0.4 is 0 Å². The van der Waals surface area contributed by atoms with Crippen molar-refractivity contribution in [3.8, 4) is 0 Å². The smallest absolute Gasteiger partial charge is 0.133 e. The van der Waals surface area contributed by atoms with E-state index in [0.717, 1.165) is 5.92 Å². The molecule has 0 radical (unpaired) electrons. The third-order valence-corrected chi connectivity index (χ3v) is 4.57. The zero-order valence-electron chi connectivity index (χ0n) is 9.73. The van der Waals surface area contributed by atoms with Gasteiger partial charge in [-0.05, 0) is 49.5 Å². The Hall–Kier alpha value is -1.11. The maximum Gasteiger partial charge on any atom is 0.133 e. The number of carbonyl (C=O) groups is 1. The fourth-order valence-corrected chi connectivity index (χ4v) is 4.03. The Morgan fingerprint density at radius 3 is 2.50 bits per heavy atom. The highest BCUT2D eigenvalue weighted by molar-refractivity contribution is 5.80. The first-order valence-electron chi connectivity index (χ1n) is 6.33. The van der Waals surface area contributed by atoms with Gasteiger partial charge in [-0.1, -0.05) is 30.3 Å². The van der Waals surface area contributed by atoms with E-state index in [1.54, 1.807) is 6.92 Å². The van der Waals surface area contributed by atoms with Gasteiger partial charge in [0.15, 0.2) is 0 Å². The molecule has 1 aromatic carbocycles. The summed E-state index contributed by atoms with van der Waals surface area (Å²) in [6.07, 6.45) is 3.88. The predicted molar refractivity (Wildman–Crippen MR) is 64.2 cm³/mol. The zero-order chi connectivity index (χ0) is 11.1. The molecule has 0 saturated heterocycles. The van der Waals surface area contributed by atoms with Gasteiger partial charge in [0, 0.05) is 5.92 Å². The van der Waals surface area contributed by atoms with Crippen LogP contribution in [0.5, 0.6) is 0 Å². The second-order valence-electron chi connectivity index (χ2n) is 5.41. The second kappa shape index (κ2) is 3.73. The molecule has 0 N–H and O–H groups in total. The van der Waals surface area contributed by atoms with Crippen LogP contribution in [0.25, 0.3) is 0 Å². The van der Waals surface area contributed by atoms with Crippen LogP contribution in [0.1, 0.15) is 37.7 Å². The van der Waals surface area contributed by atoms with E-state index in [0.29, 0.717) is 23.5 Å². The molecule has 2 bridgehead atoms. The Morgan fingerprint density at radius 2 is 1.81 bits per heavy atom. The van der Waals surface area contributed by atoms with E-state index in [4.69, 9.17) is 0 Å². The summed E-state index contributed by atoms with van der Waals surface area (Å²) in [4.78, 5) is 11.8. The van der Waals surface area contributed by atoms with Crippen LogP contribution in [0.4, 0.5) is 0 Å². The molecule has 16 heavy (non-hydrogen) atoms. The summed E-state index contributed by atoms with van der Waals surface area (Å²) in [5.74, 6) is 2.66. The quantitative estimate of drug-likeness (QED) is 0.737. The highest BCUT2D eigenvalue weighted by Crippen LogP contribution is 2.56. The Morgan fingerprint density at radius 1 is 1.12 bits per heavy atom. The Labute approximate surface area is 96.9 Å². The lowest BCUT2D eigenvalue weighted by atomic mass is 9.74. The Kier molecular flexibility index (Phi) is 2.34. The summed E-state index contributed by atoms with van der Waals surface area (Å²) in [6, 6.07) is 10.6. The first-order chi connectivity index (χ1) is 7.77. The summed E-state index contributed by atoms with van der Waals surface area (Å²) in [6.45, 7) is 1.78. The molecule has 3 rings (SSSR count). The minimum absolute atomic E-state index is 0.307. The van der Waals surface area contributed by atoms with Gasteiger partial charge in [0.2, 0.25) is 0 Å².